The summed E-state index contributed by atoms with van der Waals surface area (Å²) in [6, 6.07) is 22.2. The zero-order valence-electron chi connectivity index (χ0n) is 18.4. The van der Waals surface area contributed by atoms with Crippen molar-refractivity contribution in [3.8, 4) is 22.5 Å². The van der Waals surface area contributed by atoms with E-state index in [1.807, 2.05) is 34.9 Å². The van der Waals surface area contributed by atoms with Crippen LogP contribution in [-0.2, 0) is 13.0 Å². The van der Waals surface area contributed by atoms with Gasteiger partial charge in [0.1, 0.15) is 5.52 Å². The molecule has 3 aromatic heterocycles. The van der Waals surface area contributed by atoms with Gasteiger partial charge in [0.25, 0.3) is 5.56 Å². The van der Waals surface area contributed by atoms with Crippen molar-refractivity contribution in [2.75, 3.05) is 0 Å². The third-order valence-electron chi connectivity index (χ3n) is 5.88. The molecule has 7 heteroatoms. The van der Waals surface area contributed by atoms with Crippen LogP contribution in [-0.4, -0.2) is 30.2 Å². The van der Waals surface area contributed by atoms with Crippen molar-refractivity contribution in [2.24, 2.45) is 0 Å². The predicted octanol–water partition coefficient (Wildman–Crippen LogP) is 4.63. The number of fused-ring (bicyclic) bond motifs is 1. The van der Waals surface area contributed by atoms with Gasteiger partial charge in [-0.3, -0.25) is 9.78 Å². The maximum absolute atomic E-state index is 13.3. The van der Waals surface area contributed by atoms with E-state index >= 15 is 0 Å². The monoisotopic (exact) mass is 436 g/mol. The lowest BCUT2D eigenvalue weighted by Gasteiger charge is -2.15. The highest BCUT2D eigenvalue weighted by molar-refractivity contribution is 5.80. The van der Waals surface area contributed by atoms with Crippen LogP contribution in [0.25, 0.3) is 33.4 Å². The molecule has 5 aromatic rings. The van der Waals surface area contributed by atoms with Crippen LogP contribution in [0.15, 0.2) is 77.7 Å². The number of pyridine rings is 2. The van der Waals surface area contributed by atoms with E-state index < -0.39 is 0 Å². The average Bonchev–Trinajstić information content (AvgIpc) is 3.40. The molecule has 0 saturated heterocycles. The van der Waals surface area contributed by atoms with Crippen molar-refractivity contribution in [3.05, 3.63) is 94.5 Å². The molecule has 0 aliphatic carbocycles. The lowest BCUT2D eigenvalue weighted by atomic mass is 9.98. The average molecular weight is 437 g/mol. The summed E-state index contributed by atoms with van der Waals surface area (Å²) in [6.07, 6.45) is 4.66. The second-order valence-corrected chi connectivity index (χ2v) is 8.06. The predicted molar refractivity (Wildman–Crippen MR) is 129 cm³/mol. The number of unbranched alkanes of at least 4 members (excludes halogenated alkanes) is 1. The van der Waals surface area contributed by atoms with Crippen LogP contribution in [0.3, 0.4) is 0 Å². The fourth-order valence-corrected chi connectivity index (χ4v) is 4.15. The lowest BCUT2D eigenvalue weighted by Crippen LogP contribution is -2.25. The van der Waals surface area contributed by atoms with Crippen LogP contribution in [0.2, 0.25) is 0 Å². The van der Waals surface area contributed by atoms with Gasteiger partial charge in [0.2, 0.25) is 0 Å². The van der Waals surface area contributed by atoms with Crippen LogP contribution in [0, 0.1) is 0 Å². The highest BCUT2D eigenvalue weighted by Gasteiger charge is 2.12. The molecule has 0 radical (unpaired) electrons. The van der Waals surface area contributed by atoms with Gasteiger partial charge in [0.15, 0.2) is 5.82 Å². The summed E-state index contributed by atoms with van der Waals surface area (Å²) in [7, 11) is 0. The fraction of sp³-hybridized carbons (Fsp3) is 0.192. The van der Waals surface area contributed by atoms with Gasteiger partial charge in [-0.1, -0.05) is 67.9 Å². The summed E-state index contributed by atoms with van der Waals surface area (Å²) in [6.45, 7) is 2.68. The molecule has 5 rings (SSSR count). The number of tetrazole rings is 1. The largest absolute Gasteiger partial charge is 0.306 e. The van der Waals surface area contributed by atoms with Gasteiger partial charge in [-0.05, 0) is 52.1 Å². The molecule has 33 heavy (non-hydrogen) atoms. The van der Waals surface area contributed by atoms with Gasteiger partial charge in [-0.15, -0.1) is 5.10 Å². The van der Waals surface area contributed by atoms with Crippen LogP contribution in [0.1, 0.15) is 31.0 Å². The third kappa shape index (κ3) is 4.17. The van der Waals surface area contributed by atoms with Gasteiger partial charge < -0.3 is 4.57 Å². The molecule has 0 aliphatic heterocycles. The van der Waals surface area contributed by atoms with Crippen LogP contribution < -0.4 is 5.56 Å². The van der Waals surface area contributed by atoms with Crippen molar-refractivity contribution in [3.63, 3.8) is 0 Å². The summed E-state index contributed by atoms with van der Waals surface area (Å²) < 4.78 is 1.87. The number of hydrogen-bond donors (Lipinski definition) is 1. The molecule has 1 N–H and O–H groups in total. The number of benzene rings is 2. The minimum atomic E-state index is -0.0357. The van der Waals surface area contributed by atoms with Crippen molar-refractivity contribution < 1.29 is 0 Å². The second kappa shape index (κ2) is 9.16. The minimum Gasteiger partial charge on any atom is -0.306 e. The molecule has 0 spiro atoms. The van der Waals surface area contributed by atoms with E-state index in [2.05, 4.69) is 68.9 Å². The van der Waals surface area contributed by atoms with Crippen molar-refractivity contribution >= 4 is 10.9 Å². The Kier molecular flexibility index (Phi) is 5.76. The van der Waals surface area contributed by atoms with E-state index in [-0.39, 0.29) is 5.56 Å². The summed E-state index contributed by atoms with van der Waals surface area (Å²) >= 11 is 0. The smallest absolute Gasteiger partial charge is 0.277 e. The number of nitrogens with one attached hydrogen (secondary N) is 1. The molecule has 3 heterocycles. The normalized spacial score (nSPS) is 11.2. The Bertz CT molecular complexity index is 1440. The maximum atomic E-state index is 13.3. The highest BCUT2D eigenvalue weighted by atomic mass is 16.1. The second-order valence-electron chi connectivity index (χ2n) is 8.06. The topological polar surface area (TPSA) is 89.3 Å². The number of H-pyrrole nitrogens is 1. The van der Waals surface area contributed by atoms with E-state index in [0.29, 0.717) is 17.9 Å². The Morgan fingerprint density at radius 3 is 2.55 bits per heavy atom. The van der Waals surface area contributed by atoms with E-state index in [9.17, 15) is 4.79 Å². The minimum absolute atomic E-state index is 0.0357. The Morgan fingerprint density at radius 1 is 0.970 bits per heavy atom. The lowest BCUT2D eigenvalue weighted by molar-refractivity contribution is 0.672. The molecule has 164 valence electrons. The van der Waals surface area contributed by atoms with Gasteiger partial charge in [-0.2, -0.15) is 0 Å². The zero-order valence-corrected chi connectivity index (χ0v) is 18.4. The molecule has 0 fully saturated rings. The Morgan fingerprint density at radius 2 is 1.79 bits per heavy atom. The molecule has 0 aliphatic rings. The molecule has 0 unspecified atom stereocenters. The van der Waals surface area contributed by atoms with Gasteiger partial charge in [0.05, 0.1) is 6.54 Å². The molecule has 0 bridgehead atoms. The first-order chi connectivity index (χ1) is 16.2. The molecule has 7 nitrogen and oxygen atoms in total. The first kappa shape index (κ1) is 20.8. The van der Waals surface area contributed by atoms with E-state index in [0.717, 1.165) is 52.6 Å². The summed E-state index contributed by atoms with van der Waals surface area (Å²) in [5.74, 6) is 0.630. The SMILES string of the molecule is CCCCc1cc2cccnc2c(=O)n1Cc1ccc(-c2ccccc2-c2nnn[nH]2)cc1. The Balaban J connectivity index is 1.50. The highest BCUT2D eigenvalue weighted by Crippen LogP contribution is 2.29. The molecular weight excluding hydrogens is 412 g/mol. The first-order valence-electron chi connectivity index (χ1n) is 11.1. The number of aryl methyl sites for hydroxylation is 1. The van der Waals surface area contributed by atoms with Gasteiger partial charge in [0, 0.05) is 22.8 Å². The van der Waals surface area contributed by atoms with Crippen molar-refractivity contribution in [1.82, 2.24) is 30.2 Å². The molecule has 0 amide bonds. The Labute approximate surface area is 191 Å². The maximum Gasteiger partial charge on any atom is 0.277 e. The standard InChI is InChI=1S/C26H24N6O/c1-2-3-8-21-16-20-7-6-15-27-24(20)26(33)32(21)17-18-11-13-19(14-12-18)22-9-4-5-10-23(22)25-28-30-31-29-25/h4-7,9-16H,2-3,8,17H2,1H3,(H,28,29,30,31). The third-order valence-corrected chi connectivity index (χ3v) is 5.88. The molecule has 0 atom stereocenters. The molecule has 0 saturated carbocycles. The molecular formula is C26H24N6O. The van der Waals surface area contributed by atoms with E-state index in [1.54, 1.807) is 6.20 Å². The van der Waals surface area contributed by atoms with Crippen LogP contribution in [0.4, 0.5) is 0 Å². The number of rotatable bonds is 7. The fourth-order valence-electron chi connectivity index (χ4n) is 4.15. The van der Waals surface area contributed by atoms with Gasteiger partial charge >= 0.3 is 0 Å². The number of aromatic amines is 1. The van der Waals surface area contributed by atoms with E-state index in [1.165, 1.54) is 0 Å². The van der Waals surface area contributed by atoms with Crippen molar-refractivity contribution in [1.29, 1.82) is 0 Å². The first-order valence-corrected chi connectivity index (χ1v) is 11.1. The quantitative estimate of drug-likeness (QED) is 0.402. The zero-order chi connectivity index (χ0) is 22.6. The number of nitrogens with zero attached hydrogens (tertiary/aromatic N) is 5. The number of hydrogen-bond acceptors (Lipinski definition) is 5. The van der Waals surface area contributed by atoms with E-state index in [4.69, 9.17) is 0 Å². The number of aromatic nitrogens is 6. The van der Waals surface area contributed by atoms with Crippen LogP contribution >= 0.6 is 0 Å². The summed E-state index contributed by atoms with van der Waals surface area (Å²) in [4.78, 5) is 17.6. The summed E-state index contributed by atoms with van der Waals surface area (Å²) in [5.41, 5.74) is 5.63. The Hall–Kier alpha value is -4.13. The van der Waals surface area contributed by atoms with Crippen LogP contribution in [0.5, 0.6) is 0 Å². The van der Waals surface area contributed by atoms with Gasteiger partial charge in [-0.25, -0.2) is 5.10 Å². The molecule has 2 aromatic carbocycles. The summed E-state index contributed by atoms with van der Waals surface area (Å²) in [5, 5.41) is 15.2. The van der Waals surface area contributed by atoms with Crippen molar-refractivity contribution in [2.45, 2.75) is 32.7 Å².